The minimum absolute atomic E-state index is 0.0239. The van der Waals surface area contributed by atoms with Crippen molar-refractivity contribution in [3.63, 3.8) is 0 Å². The second-order valence-electron chi connectivity index (χ2n) is 16.9. The van der Waals surface area contributed by atoms with Gasteiger partial charge in [0, 0.05) is 70.0 Å². The largest absolute Gasteiger partial charge is 0.346 e. The average molecular weight is 743 g/mol. The number of likely N-dealkylation sites (tertiary alicyclic amines) is 1. The normalized spacial score (nSPS) is 19.8. The number of piperidine rings is 1. The van der Waals surface area contributed by atoms with E-state index in [0.29, 0.717) is 43.7 Å². The lowest BCUT2D eigenvalue weighted by molar-refractivity contribution is -0.143. The molecule has 4 atom stereocenters. The summed E-state index contributed by atoms with van der Waals surface area (Å²) in [6.07, 6.45) is 7.91. The molecule has 0 aromatic heterocycles. The highest BCUT2D eigenvalue weighted by Gasteiger charge is 2.48. The van der Waals surface area contributed by atoms with Crippen molar-refractivity contribution in [1.29, 1.82) is 0 Å². The van der Waals surface area contributed by atoms with Crippen molar-refractivity contribution in [2.24, 2.45) is 34.6 Å². The van der Waals surface area contributed by atoms with Crippen LogP contribution in [-0.4, -0.2) is 97.1 Å². The Bertz CT molecular complexity index is 1480. The Morgan fingerprint density at radius 3 is 2.00 bits per heavy atom. The quantitative estimate of drug-likeness (QED) is 0.147. The highest BCUT2D eigenvalue weighted by Crippen LogP contribution is 2.51. The summed E-state index contributed by atoms with van der Waals surface area (Å²) in [6, 6.07) is 18.5. The first-order valence-corrected chi connectivity index (χ1v) is 20.7. The number of hydrogen-bond acceptors (Lipinski definition) is 8. The van der Waals surface area contributed by atoms with E-state index in [1.165, 1.54) is 12.8 Å². The first-order valence-electron chi connectivity index (χ1n) is 20.7. The van der Waals surface area contributed by atoms with E-state index in [-0.39, 0.29) is 42.1 Å². The standard InChI is InChI=1S/C44H66N6O4/c1-32(2)25-39(48-42(53)36(26-33-11-5-3-6-12-33)29-40(51)38(46)27-34-13-7-4-8-14-34)41(52)28-35(15-9-10-18-45)43(54)50-21-16-44(17-22-50)30-37(31-44)49-23-19-47-20-24-49/h3-8,11-14,32,35-39,47H,9-10,15-31,45-46H2,1-2H3,(H,48,53)/t35-,36-,38+,39+/m0/s1. The molecule has 2 saturated heterocycles. The van der Waals surface area contributed by atoms with Crippen molar-refractivity contribution >= 4 is 23.4 Å². The number of hydrogen-bond donors (Lipinski definition) is 4. The number of ketones is 2. The second kappa shape index (κ2) is 20.5. The fourth-order valence-corrected chi connectivity index (χ4v) is 8.91. The van der Waals surface area contributed by atoms with Crippen LogP contribution in [0.25, 0.3) is 0 Å². The van der Waals surface area contributed by atoms with Crippen molar-refractivity contribution in [2.75, 3.05) is 45.8 Å². The first kappa shape index (κ1) is 41.7. The van der Waals surface area contributed by atoms with E-state index in [0.717, 1.165) is 76.1 Å². The molecule has 54 heavy (non-hydrogen) atoms. The van der Waals surface area contributed by atoms with E-state index in [4.69, 9.17) is 11.5 Å². The zero-order valence-corrected chi connectivity index (χ0v) is 32.9. The molecule has 1 saturated carbocycles. The van der Waals surface area contributed by atoms with Gasteiger partial charge in [-0.3, -0.25) is 24.1 Å². The van der Waals surface area contributed by atoms with Crippen molar-refractivity contribution in [1.82, 2.24) is 20.4 Å². The summed E-state index contributed by atoms with van der Waals surface area (Å²) in [5, 5.41) is 6.53. The van der Waals surface area contributed by atoms with E-state index in [9.17, 15) is 19.2 Å². The smallest absolute Gasteiger partial charge is 0.226 e. The van der Waals surface area contributed by atoms with Crippen molar-refractivity contribution in [2.45, 2.75) is 109 Å². The number of carbonyl (C=O) groups excluding carboxylic acids is 4. The Balaban J connectivity index is 1.22. The van der Waals surface area contributed by atoms with Crippen LogP contribution in [0.4, 0.5) is 0 Å². The third-order valence-corrected chi connectivity index (χ3v) is 12.2. The molecule has 10 nitrogen and oxygen atoms in total. The molecule has 2 aliphatic heterocycles. The molecular weight excluding hydrogens is 677 g/mol. The predicted molar refractivity (Wildman–Crippen MR) is 214 cm³/mol. The van der Waals surface area contributed by atoms with Gasteiger partial charge in [0.05, 0.1) is 12.1 Å². The summed E-state index contributed by atoms with van der Waals surface area (Å²) in [7, 11) is 0. The number of piperazine rings is 1. The fourth-order valence-electron chi connectivity index (χ4n) is 8.91. The van der Waals surface area contributed by atoms with Gasteiger partial charge in [0.25, 0.3) is 0 Å². The molecule has 3 aliphatic rings. The van der Waals surface area contributed by atoms with Crippen molar-refractivity contribution < 1.29 is 19.2 Å². The second-order valence-corrected chi connectivity index (χ2v) is 16.9. The maximum absolute atomic E-state index is 14.2. The summed E-state index contributed by atoms with van der Waals surface area (Å²) < 4.78 is 0. The first-order chi connectivity index (χ1) is 26.1. The maximum atomic E-state index is 14.2. The summed E-state index contributed by atoms with van der Waals surface area (Å²) in [5.41, 5.74) is 14.5. The van der Waals surface area contributed by atoms with Crippen molar-refractivity contribution in [3.05, 3.63) is 71.8 Å². The zero-order valence-electron chi connectivity index (χ0n) is 32.9. The van der Waals surface area contributed by atoms with Gasteiger partial charge in [0.15, 0.2) is 11.6 Å². The molecule has 1 aliphatic carbocycles. The van der Waals surface area contributed by atoms with Crippen molar-refractivity contribution in [3.8, 4) is 0 Å². The molecule has 2 aromatic carbocycles. The molecule has 2 aromatic rings. The van der Waals surface area contributed by atoms with Crippen LogP contribution in [0.2, 0.25) is 0 Å². The van der Waals surface area contributed by atoms with Gasteiger partial charge in [-0.25, -0.2) is 0 Å². The zero-order chi connectivity index (χ0) is 38.5. The molecule has 5 rings (SSSR count). The molecule has 0 bridgehead atoms. The summed E-state index contributed by atoms with van der Waals surface area (Å²) in [5.74, 6) is -1.59. The molecular formula is C44H66N6O4. The maximum Gasteiger partial charge on any atom is 0.226 e. The molecule has 296 valence electrons. The van der Waals surface area contributed by atoms with Crippen LogP contribution in [0, 0.1) is 23.2 Å². The minimum Gasteiger partial charge on any atom is -0.346 e. The summed E-state index contributed by atoms with van der Waals surface area (Å²) in [6.45, 7) is 10.4. The summed E-state index contributed by atoms with van der Waals surface area (Å²) in [4.78, 5) is 60.5. The monoisotopic (exact) mass is 743 g/mol. The molecule has 0 unspecified atom stereocenters. The van der Waals surface area contributed by atoms with Gasteiger partial charge in [-0.05, 0) is 86.8 Å². The SMILES string of the molecule is CC(C)C[C@@H](NC(=O)[C@H](CC(=O)[C@H](N)Cc1ccccc1)Cc1ccccc1)C(=O)C[C@H](CCCCN)C(=O)N1CCC2(CC1)CC(N1CCNCC1)C2. The van der Waals surface area contributed by atoms with Crippen LogP contribution in [-0.2, 0) is 32.0 Å². The van der Waals surface area contributed by atoms with Gasteiger partial charge < -0.3 is 27.0 Å². The Hall–Kier alpha value is -3.44. The van der Waals surface area contributed by atoms with Crippen LogP contribution >= 0.6 is 0 Å². The van der Waals surface area contributed by atoms with Crippen LogP contribution in [0.15, 0.2) is 60.7 Å². The van der Waals surface area contributed by atoms with Crippen LogP contribution in [0.5, 0.6) is 0 Å². The average Bonchev–Trinajstić information content (AvgIpc) is 3.16. The Kier molecular flexibility index (Phi) is 15.8. The van der Waals surface area contributed by atoms with Crippen LogP contribution in [0.3, 0.4) is 0 Å². The molecule has 10 heteroatoms. The van der Waals surface area contributed by atoms with Crippen LogP contribution < -0.4 is 22.1 Å². The molecule has 6 N–H and O–H groups in total. The number of benzene rings is 2. The van der Waals surface area contributed by atoms with E-state index in [1.807, 2.05) is 79.4 Å². The Labute approximate surface area is 323 Å². The fraction of sp³-hybridized carbons (Fsp3) is 0.636. The Morgan fingerprint density at radius 1 is 0.815 bits per heavy atom. The van der Waals surface area contributed by atoms with Gasteiger partial charge in [-0.1, -0.05) is 80.9 Å². The van der Waals surface area contributed by atoms with Crippen LogP contribution in [0.1, 0.15) is 89.2 Å². The van der Waals surface area contributed by atoms with Gasteiger partial charge in [0.2, 0.25) is 11.8 Å². The highest BCUT2D eigenvalue weighted by molar-refractivity contribution is 5.94. The topological polar surface area (TPSA) is 151 Å². The molecule has 2 amide bonds. The molecule has 3 fully saturated rings. The molecule has 0 radical (unpaired) electrons. The van der Waals surface area contributed by atoms with Gasteiger partial charge in [-0.15, -0.1) is 0 Å². The number of rotatable bonds is 20. The number of nitrogens with one attached hydrogen (secondary N) is 2. The van der Waals surface area contributed by atoms with E-state index in [1.54, 1.807) is 0 Å². The number of carbonyl (C=O) groups is 4. The lowest BCUT2D eigenvalue weighted by atomic mass is 9.60. The number of unbranched alkanes of at least 4 members (excludes halogenated alkanes) is 1. The van der Waals surface area contributed by atoms with Gasteiger partial charge in [0.1, 0.15) is 0 Å². The Morgan fingerprint density at radius 2 is 1.41 bits per heavy atom. The number of nitrogens with two attached hydrogens (primary N) is 2. The number of amides is 2. The third kappa shape index (κ3) is 12.0. The molecule has 2 heterocycles. The molecule has 1 spiro atoms. The number of nitrogens with zero attached hydrogens (tertiary/aromatic N) is 2. The van der Waals surface area contributed by atoms with E-state index >= 15 is 0 Å². The van der Waals surface area contributed by atoms with E-state index in [2.05, 4.69) is 15.5 Å². The summed E-state index contributed by atoms with van der Waals surface area (Å²) >= 11 is 0. The number of Topliss-reactive ketones (excluding diaryl/α,β-unsaturated/α-hetero) is 2. The lowest BCUT2D eigenvalue weighted by Crippen LogP contribution is -2.59. The lowest BCUT2D eigenvalue weighted by Gasteiger charge is -2.56. The third-order valence-electron chi connectivity index (χ3n) is 12.2. The highest BCUT2D eigenvalue weighted by atomic mass is 16.2. The van der Waals surface area contributed by atoms with Gasteiger partial charge >= 0.3 is 0 Å². The minimum atomic E-state index is -0.754. The predicted octanol–water partition coefficient (Wildman–Crippen LogP) is 4.29. The van der Waals surface area contributed by atoms with Gasteiger partial charge in [-0.2, -0.15) is 0 Å². The van der Waals surface area contributed by atoms with E-state index < -0.39 is 23.9 Å².